The molecule has 0 amide bonds. The molecule has 0 spiro atoms. The fraction of sp³-hybridized carbons (Fsp3) is 0.786. The number of aromatic nitrogens is 2. The van der Waals surface area contributed by atoms with Gasteiger partial charge in [-0.3, -0.25) is 4.79 Å². The minimum Gasteiger partial charge on any atom is -0.465 e. The number of hydrogen-bond donors (Lipinski definition) is 0. The maximum Gasteiger partial charge on any atom is 0.318 e. The van der Waals surface area contributed by atoms with E-state index in [2.05, 4.69) is 15.0 Å². The summed E-state index contributed by atoms with van der Waals surface area (Å²) in [5, 5.41) is 3.97. The van der Waals surface area contributed by atoms with E-state index < -0.39 is 5.92 Å². The molecule has 0 saturated carbocycles. The highest BCUT2D eigenvalue weighted by Gasteiger charge is 2.33. The minimum atomic E-state index is -0.535. The fourth-order valence-corrected chi connectivity index (χ4v) is 2.33. The summed E-state index contributed by atoms with van der Waals surface area (Å²) >= 11 is 0. The lowest BCUT2D eigenvalue weighted by atomic mass is 9.96. The van der Waals surface area contributed by atoms with Gasteiger partial charge in [-0.15, -0.1) is 0 Å². The van der Waals surface area contributed by atoms with Gasteiger partial charge in [0.25, 0.3) is 0 Å². The van der Waals surface area contributed by atoms with Crippen molar-refractivity contribution in [2.24, 2.45) is 5.92 Å². The molecule has 0 aliphatic carbocycles. The first kappa shape index (κ1) is 15.9. The first-order valence-corrected chi connectivity index (χ1v) is 7.33. The summed E-state index contributed by atoms with van der Waals surface area (Å²) in [4.78, 5) is 18.5. The molecule has 1 fully saturated rings. The van der Waals surface area contributed by atoms with Crippen molar-refractivity contribution >= 4 is 5.97 Å². The molecule has 7 heteroatoms. The van der Waals surface area contributed by atoms with Gasteiger partial charge in [0.2, 0.25) is 11.7 Å². The van der Waals surface area contributed by atoms with Crippen LogP contribution in [-0.4, -0.2) is 54.4 Å². The van der Waals surface area contributed by atoms with Gasteiger partial charge in [0.1, 0.15) is 12.0 Å². The van der Waals surface area contributed by atoms with E-state index in [-0.39, 0.29) is 18.0 Å². The molecule has 0 N–H and O–H groups in total. The molecule has 7 nitrogen and oxygen atoms in total. The maximum absolute atomic E-state index is 12.0. The standard InChI is InChI=1S/C14H23N3O4/c1-5-19-14(18)11(9(2)3)13-15-12(16-21-13)10-8-17(4)6-7-20-10/h9-11H,5-8H2,1-4H3. The highest BCUT2D eigenvalue weighted by atomic mass is 16.5. The third-order valence-electron chi connectivity index (χ3n) is 3.49. The van der Waals surface area contributed by atoms with Gasteiger partial charge >= 0.3 is 5.97 Å². The van der Waals surface area contributed by atoms with Crippen LogP contribution < -0.4 is 0 Å². The predicted octanol–water partition coefficient (Wildman–Crippen LogP) is 1.38. The van der Waals surface area contributed by atoms with E-state index in [1.54, 1.807) is 6.92 Å². The van der Waals surface area contributed by atoms with E-state index in [9.17, 15) is 4.79 Å². The molecule has 2 atom stereocenters. The highest BCUT2D eigenvalue weighted by Crippen LogP contribution is 2.27. The van der Waals surface area contributed by atoms with Crippen LogP contribution in [0.15, 0.2) is 4.52 Å². The van der Waals surface area contributed by atoms with Crippen LogP contribution in [0.3, 0.4) is 0 Å². The number of carbonyl (C=O) groups is 1. The number of esters is 1. The average Bonchev–Trinajstić information content (AvgIpc) is 2.88. The number of rotatable bonds is 5. The molecule has 2 rings (SSSR count). The fourth-order valence-electron chi connectivity index (χ4n) is 2.33. The molecule has 2 heterocycles. The third kappa shape index (κ3) is 3.79. The molecular weight excluding hydrogens is 274 g/mol. The van der Waals surface area contributed by atoms with Crippen molar-refractivity contribution < 1.29 is 18.8 Å². The summed E-state index contributed by atoms with van der Waals surface area (Å²) in [6.45, 7) is 8.20. The summed E-state index contributed by atoms with van der Waals surface area (Å²) in [7, 11) is 2.02. The van der Waals surface area contributed by atoms with E-state index in [1.807, 2.05) is 20.9 Å². The summed E-state index contributed by atoms with van der Waals surface area (Å²) < 4.78 is 16.0. The Balaban J connectivity index is 2.14. The van der Waals surface area contributed by atoms with Crippen molar-refractivity contribution in [1.82, 2.24) is 15.0 Å². The van der Waals surface area contributed by atoms with Gasteiger partial charge < -0.3 is 18.9 Å². The average molecular weight is 297 g/mol. The molecule has 2 unspecified atom stereocenters. The first-order valence-electron chi connectivity index (χ1n) is 7.33. The van der Waals surface area contributed by atoms with E-state index in [0.717, 1.165) is 6.54 Å². The van der Waals surface area contributed by atoms with Gasteiger partial charge in [-0.2, -0.15) is 4.98 Å². The lowest BCUT2D eigenvalue weighted by Gasteiger charge is -2.27. The monoisotopic (exact) mass is 297 g/mol. The Labute approximate surface area is 124 Å². The molecule has 0 bridgehead atoms. The Morgan fingerprint density at radius 1 is 1.52 bits per heavy atom. The van der Waals surface area contributed by atoms with Crippen LogP contribution in [0.5, 0.6) is 0 Å². The molecule has 1 aliphatic rings. The van der Waals surface area contributed by atoms with E-state index in [0.29, 0.717) is 31.5 Å². The second-order valence-electron chi connectivity index (χ2n) is 5.59. The Morgan fingerprint density at radius 2 is 2.29 bits per heavy atom. The Morgan fingerprint density at radius 3 is 2.90 bits per heavy atom. The summed E-state index contributed by atoms with van der Waals surface area (Å²) in [5.74, 6) is -0.0500. The zero-order valence-corrected chi connectivity index (χ0v) is 13.0. The van der Waals surface area contributed by atoms with Crippen LogP contribution in [-0.2, 0) is 14.3 Å². The highest BCUT2D eigenvalue weighted by molar-refractivity contribution is 5.77. The van der Waals surface area contributed by atoms with Crippen molar-refractivity contribution in [3.05, 3.63) is 11.7 Å². The smallest absolute Gasteiger partial charge is 0.318 e. The number of likely N-dealkylation sites (N-methyl/N-ethyl adjacent to an activating group) is 1. The third-order valence-corrected chi connectivity index (χ3v) is 3.49. The Kier molecular flexibility index (Phi) is 5.30. The second-order valence-corrected chi connectivity index (χ2v) is 5.59. The largest absolute Gasteiger partial charge is 0.465 e. The van der Waals surface area contributed by atoms with Crippen molar-refractivity contribution in [2.45, 2.75) is 32.8 Å². The summed E-state index contributed by atoms with van der Waals surface area (Å²) in [5.41, 5.74) is 0. The van der Waals surface area contributed by atoms with Crippen LogP contribution in [0.2, 0.25) is 0 Å². The van der Waals surface area contributed by atoms with E-state index >= 15 is 0 Å². The zero-order chi connectivity index (χ0) is 15.4. The van der Waals surface area contributed by atoms with Crippen LogP contribution in [0.4, 0.5) is 0 Å². The quantitative estimate of drug-likeness (QED) is 0.760. The number of morpholine rings is 1. The SMILES string of the molecule is CCOC(=O)C(c1nc(C2CN(C)CCO2)no1)C(C)C. The predicted molar refractivity (Wildman–Crippen MR) is 74.7 cm³/mol. The Hall–Kier alpha value is -1.47. The van der Waals surface area contributed by atoms with E-state index in [4.69, 9.17) is 14.0 Å². The van der Waals surface area contributed by atoms with Gasteiger partial charge in [-0.05, 0) is 19.9 Å². The minimum absolute atomic E-state index is 0.0206. The Bertz CT molecular complexity index is 475. The summed E-state index contributed by atoms with van der Waals surface area (Å²) in [6.07, 6.45) is -0.212. The van der Waals surface area contributed by atoms with Gasteiger partial charge in [0.15, 0.2) is 0 Å². The number of ether oxygens (including phenoxy) is 2. The van der Waals surface area contributed by atoms with Crippen LogP contribution >= 0.6 is 0 Å². The van der Waals surface area contributed by atoms with Crippen molar-refractivity contribution in [3.8, 4) is 0 Å². The molecule has 118 valence electrons. The van der Waals surface area contributed by atoms with Crippen LogP contribution in [0, 0.1) is 5.92 Å². The van der Waals surface area contributed by atoms with E-state index in [1.165, 1.54) is 0 Å². The van der Waals surface area contributed by atoms with Gasteiger partial charge in [-0.1, -0.05) is 19.0 Å². The molecule has 1 aliphatic heterocycles. The lowest BCUT2D eigenvalue weighted by Crippen LogP contribution is -2.35. The van der Waals surface area contributed by atoms with Crippen molar-refractivity contribution in [1.29, 1.82) is 0 Å². The van der Waals surface area contributed by atoms with Gasteiger partial charge in [0.05, 0.1) is 13.2 Å². The number of carbonyl (C=O) groups excluding carboxylic acids is 1. The zero-order valence-electron chi connectivity index (χ0n) is 13.0. The maximum atomic E-state index is 12.0. The topological polar surface area (TPSA) is 77.7 Å². The van der Waals surface area contributed by atoms with Crippen LogP contribution in [0.25, 0.3) is 0 Å². The number of hydrogen-bond acceptors (Lipinski definition) is 7. The number of nitrogens with zero attached hydrogens (tertiary/aromatic N) is 3. The second kappa shape index (κ2) is 7.00. The van der Waals surface area contributed by atoms with Gasteiger partial charge in [0, 0.05) is 13.1 Å². The lowest BCUT2D eigenvalue weighted by molar-refractivity contribution is -0.146. The molecule has 1 aromatic heterocycles. The van der Waals surface area contributed by atoms with Crippen molar-refractivity contribution in [2.75, 3.05) is 33.4 Å². The van der Waals surface area contributed by atoms with Crippen molar-refractivity contribution in [3.63, 3.8) is 0 Å². The van der Waals surface area contributed by atoms with Crippen LogP contribution in [0.1, 0.15) is 44.5 Å². The first-order chi connectivity index (χ1) is 10.0. The molecular formula is C14H23N3O4. The molecule has 1 aromatic rings. The summed E-state index contributed by atoms with van der Waals surface area (Å²) in [6, 6.07) is 0. The molecule has 0 radical (unpaired) electrons. The normalized spacial score (nSPS) is 21.5. The molecule has 0 aromatic carbocycles. The van der Waals surface area contributed by atoms with Gasteiger partial charge in [-0.25, -0.2) is 0 Å². The molecule has 21 heavy (non-hydrogen) atoms. The molecule has 1 saturated heterocycles.